The summed E-state index contributed by atoms with van der Waals surface area (Å²) in [7, 11) is 2.03. The maximum Gasteiger partial charge on any atom is 0.264 e. The van der Waals surface area contributed by atoms with Gasteiger partial charge < -0.3 is 9.80 Å². The molecule has 3 aromatic rings. The van der Waals surface area contributed by atoms with E-state index >= 15 is 0 Å². The number of amides is 1. The monoisotopic (exact) mass is 408 g/mol. The summed E-state index contributed by atoms with van der Waals surface area (Å²) in [5.41, 5.74) is 3.38. The van der Waals surface area contributed by atoms with Crippen LogP contribution in [0.3, 0.4) is 0 Å². The highest BCUT2D eigenvalue weighted by Gasteiger charge is 2.26. The Morgan fingerprint density at radius 2 is 1.76 bits per heavy atom. The average Bonchev–Trinajstić information content (AvgIpc) is 3.35. The van der Waals surface area contributed by atoms with Crippen LogP contribution in [0.15, 0.2) is 24.3 Å². The summed E-state index contributed by atoms with van der Waals surface area (Å²) in [5, 5.41) is 0.985. The van der Waals surface area contributed by atoms with E-state index in [4.69, 9.17) is 4.98 Å². The SMILES string of the molecule is Cc1nc(N(C)c2ccc(C(C)C)cc2)c2c(C)c(C(=O)N3CCCC3)sc2n1. The number of aromatic nitrogens is 2. The van der Waals surface area contributed by atoms with E-state index in [-0.39, 0.29) is 5.91 Å². The normalized spacial score (nSPS) is 14.2. The highest BCUT2D eigenvalue weighted by Crippen LogP contribution is 2.38. The lowest BCUT2D eigenvalue weighted by Gasteiger charge is -2.21. The molecule has 0 N–H and O–H groups in total. The van der Waals surface area contributed by atoms with Crippen molar-refractivity contribution in [3.63, 3.8) is 0 Å². The lowest BCUT2D eigenvalue weighted by molar-refractivity contribution is 0.0797. The number of anilines is 2. The molecule has 1 aromatic carbocycles. The highest BCUT2D eigenvalue weighted by atomic mass is 32.1. The van der Waals surface area contributed by atoms with Crippen LogP contribution >= 0.6 is 11.3 Å². The predicted molar refractivity (Wildman–Crippen MR) is 121 cm³/mol. The molecule has 1 aliphatic heterocycles. The van der Waals surface area contributed by atoms with Gasteiger partial charge in [0.25, 0.3) is 5.91 Å². The second kappa shape index (κ2) is 7.75. The standard InChI is InChI=1S/C23H28N4OS/c1-14(2)17-8-10-18(11-9-17)26(5)21-19-15(3)20(23(28)27-12-6-7-13-27)29-22(19)25-16(4)24-21/h8-11,14H,6-7,12-13H2,1-5H3. The van der Waals surface area contributed by atoms with Gasteiger partial charge in [-0.05, 0) is 55.9 Å². The van der Waals surface area contributed by atoms with Crippen LogP contribution in [0.1, 0.15) is 59.2 Å². The zero-order valence-corrected chi connectivity index (χ0v) is 18.6. The van der Waals surface area contributed by atoms with Gasteiger partial charge in [0.15, 0.2) is 0 Å². The van der Waals surface area contributed by atoms with Crippen molar-refractivity contribution in [2.75, 3.05) is 25.0 Å². The van der Waals surface area contributed by atoms with Crippen molar-refractivity contribution in [1.82, 2.24) is 14.9 Å². The second-order valence-corrected chi connectivity index (χ2v) is 9.13. The molecule has 29 heavy (non-hydrogen) atoms. The first-order chi connectivity index (χ1) is 13.9. The quantitative estimate of drug-likeness (QED) is 0.577. The molecule has 152 valence electrons. The fraction of sp³-hybridized carbons (Fsp3) is 0.435. The molecule has 0 radical (unpaired) electrons. The molecule has 3 heterocycles. The first-order valence-corrected chi connectivity index (χ1v) is 11.1. The van der Waals surface area contributed by atoms with Gasteiger partial charge in [-0.25, -0.2) is 9.97 Å². The molecule has 0 unspecified atom stereocenters. The van der Waals surface area contributed by atoms with E-state index in [9.17, 15) is 4.79 Å². The van der Waals surface area contributed by atoms with Crippen LogP contribution < -0.4 is 4.90 Å². The van der Waals surface area contributed by atoms with Crippen LogP contribution in [-0.2, 0) is 0 Å². The Kier molecular flexibility index (Phi) is 5.30. The molecular formula is C23H28N4OS. The average molecular weight is 409 g/mol. The first kappa shape index (κ1) is 19.8. The van der Waals surface area contributed by atoms with Crippen LogP contribution in [0.2, 0.25) is 0 Å². The Bertz CT molecular complexity index is 1050. The molecule has 6 heteroatoms. The number of hydrogen-bond donors (Lipinski definition) is 0. The smallest absolute Gasteiger partial charge is 0.264 e. The molecule has 1 aliphatic rings. The molecule has 0 bridgehead atoms. The molecule has 4 rings (SSSR count). The zero-order valence-electron chi connectivity index (χ0n) is 17.8. The summed E-state index contributed by atoms with van der Waals surface area (Å²) in [6, 6.07) is 8.61. The van der Waals surface area contributed by atoms with Crippen molar-refractivity contribution in [1.29, 1.82) is 0 Å². The van der Waals surface area contributed by atoms with Gasteiger partial charge in [0.1, 0.15) is 16.5 Å². The summed E-state index contributed by atoms with van der Waals surface area (Å²) in [5.74, 6) is 2.22. The van der Waals surface area contributed by atoms with Crippen molar-refractivity contribution in [2.45, 2.75) is 46.5 Å². The minimum Gasteiger partial charge on any atom is -0.338 e. The van der Waals surface area contributed by atoms with Crippen molar-refractivity contribution >= 4 is 39.0 Å². The number of carbonyl (C=O) groups excluding carboxylic acids is 1. The van der Waals surface area contributed by atoms with Gasteiger partial charge in [-0.3, -0.25) is 4.79 Å². The molecule has 5 nitrogen and oxygen atoms in total. The number of likely N-dealkylation sites (tertiary alicyclic amines) is 1. The van der Waals surface area contributed by atoms with E-state index in [1.54, 1.807) is 0 Å². The van der Waals surface area contributed by atoms with Crippen molar-refractivity contribution < 1.29 is 4.79 Å². The van der Waals surface area contributed by atoms with Crippen molar-refractivity contribution in [3.8, 4) is 0 Å². The van der Waals surface area contributed by atoms with Gasteiger partial charge >= 0.3 is 0 Å². The zero-order chi connectivity index (χ0) is 20.7. The van der Waals surface area contributed by atoms with E-state index in [1.807, 2.05) is 25.8 Å². The second-order valence-electron chi connectivity index (χ2n) is 8.14. The number of fused-ring (bicyclic) bond motifs is 1. The number of nitrogens with zero attached hydrogens (tertiary/aromatic N) is 4. The number of aryl methyl sites for hydroxylation is 2. The van der Waals surface area contributed by atoms with Gasteiger partial charge in [-0.1, -0.05) is 26.0 Å². The Morgan fingerprint density at radius 1 is 1.10 bits per heavy atom. The van der Waals surface area contributed by atoms with Crippen LogP contribution in [0.5, 0.6) is 0 Å². The molecular weight excluding hydrogens is 380 g/mol. The van der Waals surface area contributed by atoms with Crippen LogP contribution in [0, 0.1) is 13.8 Å². The third-order valence-electron chi connectivity index (χ3n) is 5.74. The summed E-state index contributed by atoms with van der Waals surface area (Å²) in [6.45, 7) is 10.0. The number of carbonyl (C=O) groups is 1. The lowest BCUT2D eigenvalue weighted by Crippen LogP contribution is -2.27. The first-order valence-electron chi connectivity index (χ1n) is 10.3. The number of benzene rings is 1. The fourth-order valence-corrected chi connectivity index (χ4v) is 5.13. The minimum atomic E-state index is 0.135. The fourth-order valence-electron chi connectivity index (χ4n) is 3.94. The molecule has 1 saturated heterocycles. The van der Waals surface area contributed by atoms with E-state index in [0.717, 1.165) is 63.9 Å². The third kappa shape index (κ3) is 3.62. The molecule has 1 fully saturated rings. The van der Waals surface area contributed by atoms with Crippen LogP contribution in [0.25, 0.3) is 10.2 Å². The largest absolute Gasteiger partial charge is 0.338 e. The number of thiophene rings is 1. The summed E-state index contributed by atoms with van der Waals surface area (Å²) in [4.78, 5) is 28.2. The van der Waals surface area contributed by atoms with E-state index < -0.39 is 0 Å². The Balaban J connectivity index is 1.78. The Hall–Kier alpha value is -2.47. The van der Waals surface area contributed by atoms with Gasteiger partial charge in [-0.15, -0.1) is 11.3 Å². The molecule has 0 spiro atoms. The van der Waals surface area contributed by atoms with Crippen LogP contribution in [0.4, 0.5) is 11.5 Å². The van der Waals surface area contributed by atoms with Gasteiger partial charge in [-0.2, -0.15) is 0 Å². The van der Waals surface area contributed by atoms with E-state index in [2.05, 4.69) is 48.0 Å². The molecule has 0 aliphatic carbocycles. The number of hydrogen-bond acceptors (Lipinski definition) is 5. The van der Waals surface area contributed by atoms with E-state index in [1.165, 1.54) is 16.9 Å². The van der Waals surface area contributed by atoms with Gasteiger partial charge in [0.2, 0.25) is 0 Å². The summed E-state index contributed by atoms with van der Waals surface area (Å²) >= 11 is 1.50. The summed E-state index contributed by atoms with van der Waals surface area (Å²) in [6.07, 6.45) is 2.18. The van der Waals surface area contributed by atoms with Gasteiger partial charge in [0.05, 0.1) is 10.3 Å². The maximum absolute atomic E-state index is 13.0. The predicted octanol–water partition coefficient (Wildman–Crippen LogP) is 5.44. The Labute approximate surface area is 176 Å². The summed E-state index contributed by atoms with van der Waals surface area (Å²) < 4.78 is 0. The molecule has 2 aromatic heterocycles. The maximum atomic E-state index is 13.0. The van der Waals surface area contributed by atoms with Crippen molar-refractivity contribution in [2.24, 2.45) is 0 Å². The number of rotatable bonds is 4. The lowest BCUT2D eigenvalue weighted by atomic mass is 10.0. The molecule has 0 saturated carbocycles. The topological polar surface area (TPSA) is 49.3 Å². The minimum absolute atomic E-state index is 0.135. The molecule has 0 atom stereocenters. The van der Waals surface area contributed by atoms with Crippen LogP contribution in [-0.4, -0.2) is 40.9 Å². The third-order valence-corrected chi connectivity index (χ3v) is 6.91. The molecule has 1 amide bonds. The van der Waals surface area contributed by atoms with E-state index in [0.29, 0.717) is 5.92 Å². The Morgan fingerprint density at radius 3 is 2.38 bits per heavy atom. The van der Waals surface area contributed by atoms with Gasteiger partial charge in [0, 0.05) is 25.8 Å². The highest BCUT2D eigenvalue weighted by molar-refractivity contribution is 7.20. The van der Waals surface area contributed by atoms with Crippen molar-refractivity contribution in [3.05, 3.63) is 46.1 Å².